The summed E-state index contributed by atoms with van der Waals surface area (Å²) in [5.41, 5.74) is 5.56. The van der Waals surface area contributed by atoms with Crippen molar-refractivity contribution in [1.29, 1.82) is 0 Å². The Morgan fingerprint density at radius 3 is 2.35 bits per heavy atom. The molecular weight excluding hydrogens is 324 g/mol. The average Bonchev–Trinajstić information content (AvgIpc) is 2.72. The third-order valence-electron chi connectivity index (χ3n) is 2.53. The van der Waals surface area contributed by atoms with Gasteiger partial charge < -0.3 is 20.9 Å². The van der Waals surface area contributed by atoms with Gasteiger partial charge in [0.25, 0.3) is 5.91 Å². The summed E-state index contributed by atoms with van der Waals surface area (Å²) in [6.45, 7) is 4.82. The van der Waals surface area contributed by atoms with Crippen LogP contribution in [0.3, 0.4) is 0 Å². The van der Waals surface area contributed by atoms with Crippen LogP contribution in [0, 0.1) is 6.92 Å². The normalized spacial score (nSPS) is 10.8. The topological polar surface area (TPSA) is 136 Å². The first-order valence-corrected chi connectivity index (χ1v) is 7.31. The van der Waals surface area contributed by atoms with Gasteiger partial charge in [-0.15, -0.1) is 11.3 Å². The van der Waals surface area contributed by atoms with E-state index >= 15 is 0 Å². The summed E-state index contributed by atoms with van der Waals surface area (Å²) in [5.74, 6) is -3.51. The minimum Gasteiger partial charge on any atom is -0.478 e. The number of ether oxygens (including phenoxy) is 1. The number of aliphatic carboxylic acids is 1. The Morgan fingerprint density at radius 2 is 1.87 bits per heavy atom. The zero-order chi connectivity index (χ0) is 17.7. The van der Waals surface area contributed by atoms with Crippen molar-refractivity contribution in [3.05, 3.63) is 28.2 Å². The highest BCUT2D eigenvalue weighted by atomic mass is 32.1. The van der Waals surface area contributed by atoms with Crippen LogP contribution in [-0.4, -0.2) is 35.0 Å². The zero-order valence-electron chi connectivity index (χ0n) is 12.7. The van der Waals surface area contributed by atoms with E-state index in [1.807, 2.05) is 0 Å². The van der Waals surface area contributed by atoms with Gasteiger partial charge in [-0.25, -0.2) is 9.59 Å². The Balaban J connectivity index is 3.21. The van der Waals surface area contributed by atoms with Gasteiger partial charge in [0.05, 0.1) is 16.5 Å². The lowest BCUT2D eigenvalue weighted by Crippen LogP contribution is -2.16. The fraction of sp³-hybridized carbons (Fsp3) is 0.286. The molecule has 1 rings (SSSR count). The Morgan fingerprint density at radius 1 is 1.26 bits per heavy atom. The molecule has 0 saturated heterocycles. The minimum absolute atomic E-state index is 0.0228. The maximum atomic E-state index is 12.1. The number of amides is 2. The van der Waals surface area contributed by atoms with Crippen molar-refractivity contribution in [2.75, 3.05) is 5.32 Å². The average molecular weight is 340 g/mol. The standard InChI is InChI=1S/C14H16N2O6S/c1-6(2)22-14(21)10-7(3)11(12(15)20)23-13(10)16-8(17)4-5-9(18)19/h4-6H,1-3H3,(H2,15,20)(H,16,17)(H,18,19). The fourth-order valence-corrected chi connectivity index (χ4v) is 2.71. The Hall–Kier alpha value is -2.68. The number of carbonyl (C=O) groups is 4. The largest absolute Gasteiger partial charge is 0.478 e. The lowest BCUT2D eigenvalue weighted by molar-refractivity contribution is -0.131. The quantitative estimate of drug-likeness (QED) is 0.527. The summed E-state index contributed by atoms with van der Waals surface area (Å²) in [5, 5.41) is 10.9. The molecule has 0 aromatic carbocycles. The molecule has 0 radical (unpaired) electrons. The molecule has 0 aliphatic carbocycles. The Kier molecular flexibility index (Phi) is 6.02. The third-order valence-corrected chi connectivity index (χ3v) is 3.75. The van der Waals surface area contributed by atoms with Gasteiger partial charge in [-0.1, -0.05) is 0 Å². The number of rotatable bonds is 6. The molecule has 8 nitrogen and oxygen atoms in total. The summed E-state index contributed by atoms with van der Waals surface area (Å²) in [6, 6.07) is 0. The Bertz CT molecular complexity index is 690. The number of hydrogen-bond acceptors (Lipinski definition) is 6. The highest BCUT2D eigenvalue weighted by Gasteiger charge is 2.26. The summed E-state index contributed by atoms with van der Waals surface area (Å²) in [7, 11) is 0. The molecule has 0 unspecified atom stereocenters. The van der Waals surface area contributed by atoms with Crippen molar-refractivity contribution in [2.24, 2.45) is 5.73 Å². The molecule has 23 heavy (non-hydrogen) atoms. The first-order valence-electron chi connectivity index (χ1n) is 6.49. The number of carbonyl (C=O) groups excluding carboxylic acids is 3. The predicted molar refractivity (Wildman–Crippen MR) is 83.5 cm³/mol. The van der Waals surface area contributed by atoms with Gasteiger partial charge >= 0.3 is 11.9 Å². The first kappa shape index (κ1) is 18.4. The third kappa shape index (κ3) is 4.92. The number of nitrogens with two attached hydrogens (primary N) is 1. The number of hydrogen-bond donors (Lipinski definition) is 3. The summed E-state index contributed by atoms with van der Waals surface area (Å²) in [4.78, 5) is 45.7. The van der Waals surface area contributed by atoms with Crippen LogP contribution in [0.15, 0.2) is 12.2 Å². The molecule has 0 fully saturated rings. The summed E-state index contributed by atoms with van der Waals surface area (Å²) < 4.78 is 5.08. The van der Waals surface area contributed by atoms with Gasteiger partial charge in [0.2, 0.25) is 5.91 Å². The maximum Gasteiger partial charge on any atom is 0.341 e. The number of thiophene rings is 1. The minimum atomic E-state index is -1.29. The molecule has 1 heterocycles. The molecule has 0 spiro atoms. The monoisotopic (exact) mass is 340 g/mol. The fourth-order valence-electron chi connectivity index (χ4n) is 1.66. The highest BCUT2D eigenvalue weighted by Crippen LogP contribution is 2.33. The SMILES string of the molecule is Cc1c(C(N)=O)sc(NC(=O)C=CC(=O)O)c1C(=O)OC(C)C. The predicted octanol–water partition coefficient (Wildman–Crippen LogP) is 1.30. The van der Waals surface area contributed by atoms with Crippen LogP contribution in [0.1, 0.15) is 39.4 Å². The van der Waals surface area contributed by atoms with Crippen LogP contribution in [0.25, 0.3) is 0 Å². The number of esters is 1. The molecule has 1 aromatic rings. The van der Waals surface area contributed by atoms with Crippen molar-refractivity contribution in [3.63, 3.8) is 0 Å². The number of primary amides is 1. The van der Waals surface area contributed by atoms with Crippen LogP contribution >= 0.6 is 11.3 Å². The van der Waals surface area contributed by atoms with Crippen LogP contribution in [0.5, 0.6) is 0 Å². The molecule has 9 heteroatoms. The Labute approximate surface area is 135 Å². The number of carboxylic acid groups (broad SMARTS) is 1. The van der Waals surface area contributed by atoms with Crippen molar-refractivity contribution in [2.45, 2.75) is 26.9 Å². The molecule has 0 saturated carbocycles. The second-order valence-electron chi connectivity index (χ2n) is 4.74. The first-order chi connectivity index (χ1) is 10.6. The van der Waals surface area contributed by atoms with Gasteiger partial charge in [-0.3, -0.25) is 9.59 Å². The van der Waals surface area contributed by atoms with E-state index in [9.17, 15) is 19.2 Å². The van der Waals surface area contributed by atoms with Crippen LogP contribution in [-0.2, 0) is 14.3 Å². The molecule has 4 N–H and O–H groups in total. The van der Waals surface area contributed by atoms with Crippen molar-refractivity contribution in [3.8, 4) is 0 Å². The van der Waals surface area contributed by atoms with Gasteiger partial charge in [-0.05, 0) is 26.3 Å². The molecular formula is C14H16N2O6S. The number of nitrogens with one attached hydrogen (secondary N) is 1. The van der Waals surface area contributed by atoms with Crippen molar-refractivity contribution < 1.29 is 29.0 Å². The molecule has 2 amide bonds. The molecule has 1 aromatic heterocycles. The van der Waals surface area contributed by atoms with E-state index in [1.54, 1.807) is 13.8 Å². The van der Waals surface area contributed by atoms with E-state index in [1.165, 1.54) is 6.92 Å². The molecule has 0 aliphatic rings. The van der Waals surface area contributed by atoms with Gasteiger partial charge in [-0.2, -0.15) is 0 Å². The molecule has 124 valence electrons. The summed E-state index contributed by atoms with van der Waals surface area (Å²) >= 11 is 0.824. The van der Waals surface area contributed by atoms with Crippen LogP contribution in [0.2, 0.25) is 0 Å². The highest BCUT2D eigenvalue weighted by molar-refractivity contribution is 7.18. The van der Waals surface area contributed by atoms with E-state index < -0.39 is 29.9 Å². The second kappa shape index (κ2) is 7.54. The molecule has 0 aliphatic heterocycles. The maximum absolute atomic E-state index is 12.1. The zero-order valence-corrected chi connectivity index (χ0v) is 13.5. The van der Waals surface area contributed by atoms with Crippen molar-refractivity contribution in [1.82, 2.24) is 0 Å². The second-order valence-corrected chi connectivity index (χ2v) is 5.76. The van der Waals surface area contributed by atoms with E-state index in [-0.39, 0.29) is 15.4 Å². The summed E-state index contributed by atoms with van der Waals surface area (Å²) in [6.07, 6.45) is 1.05. The van der Waals surface area contributed by atoms with Crippen LogP contribution in [0.4, 0.5) is 5.00 Å². The smallest absolute Gasteiger partial charge is 0.341 e. The van der Waals surface area contributed by atoms with E-state index in [4.69, 9.17) is 15.6 Å². The lowest BCUT2D eigenvalue weighted by atomic mass is 10.1. The van der Waals surface area contributed by atoms with Gasteiger partial charge in [0, 0.05) is 12.2 Å². The number of carboxylic acids is 1. The van der Waals surface area contributed by atoms with Gasteiger partial charge in [0.15, 0.2) is 0 Å². The van der Waals surface area contributed by atoms with E-state index in [0.29, 0.717) is 11.6 Å². The molecule has 0 atom stereocenters. The number of anilines is 1. The van der Waals surface area contributed by atoms with Gasteiger partial charge in [0.1, 0.15) is 5.00 Å². The van der Waals surface area contributed by atoms with Crippen molar-refractivity contribution >= 4 is 40.1 Å². The van der Waals surface area contributed by atoms with E-state index in [2.05, 4.69) is 5.32 Å². The van der Waals surface area contributed by atoms with E-state index in [0.717, 1.165) is 17.4 Å². The van der Waals surface area contributed by atoms with Crippen LogP contribution < -0.4 is 11.1 Å². The molecule has 0 bridgehead atoms. The lowest BCUT2D eigenvalue weighted by Gasteiger charge is -2.09.